The van der Waals surface area contributed by atoms with Crippen molar-refractivity contribution in [3.63, 3.8) is 0 Å². The minimum Gasteiger partial charge on any atom is -0.345 e. The Labute approximate surface area is 99.6 Å². The van der Waals surface area contributed by atoms with Crippen LogP contribution in [-0.4, -0.2) is 24.9 Å². The van der Waals surface area contributed by atoms with Crippen LogP contribution in [0, 0.1) is 5.82 Å². The average molecular weight is 287 g/mol. The number of benzene rings is 1. The number of nitrogens with zero attached hydrogens (tertiary/aromatic N) is 1. The number of piperazine rings is 1. The highest BCUT2D eigenvalue weighted by Crippen LogP contribution is 2.23. The largest absolute Gasteiger partial charge is 0.345 e. The van der Waals surface area contributed by atoms with Crippen molar-refractivity contribution in [2.45, 2.75) is 0 Å². The maximum Gasteiger partial charge on any atom is 0.246 e. The highest BCUT2D eigenvalue weighted by atomic mass is 79.9. The molecule has 6 heteroatoms. The number of rotatable bonds is 1. The first kappa shape index (κ1) is 11.1. The molecule has 0 atom stereocenters. The first-order valence-electron chi connectivity index (χ1n) is 4.60. The number of hydrogen-bond acceptors (Lipinski definition) is 2. The third-order valence-corrected chi connectivity index (χ3v) is 2.86. The molecule has 0 aromatic heterocycles. The zero-order valence-electron chi connectivity index (χ0n) is 8.17. The Hall–Kier alpha value is -1.43. The normalized spacial score (nSPS) is 16.2. The van der Waals surface area contributed by atoms with Crippen molar-refractivity contribution >= 4 is 33.4 Å². The van der Waals surface area contributed by atoms with Gasteiger partial charge < -0.3 is 10.2 Å². The summed E-state index contributed by atoms with van der Waals surface area (Å²) >= 11 is 3.03. The van der Waals surface area contributed by atoms with Crippen LogP contribution in [0.1, 0.15) is 0 Å². The predicted octanol–water partition coefficient (Wildman–Crippen LogP) is 1.05. The lowest BCUT2D eigenvalue weighted by atomic mass is 10.2. The lowest BCUT2D eigenvalue weighted by Crippen LogP contribution is -2.51. The average Bonchev–Trinajstić information content (AvgIpc) is 2.26. The van der Waals surface area contributed by atoms with Crippen LogP contribution >= 0.6 is 15.9 Å². The van der Waals surface area contributed by atoms with Crippen LogP contribution in [0.25, 0.3) is 0 Å². The molecular weight excluding hydrogens is 279 g/mol. The van der Waals surface area contributed by atoms with Gasteiger partial charge in [0.2, 0.25) is 11.8 Å². The van der Waals surface area contributed by atoms with Crippen LogP contribution in [0.5, 0.6) is 0 Å². The number of halogens is 2. The van der Waals surface area contributed by atoms with Crippen LogP contribution in [-0.2, 0) is 9.59 Å². The maximum absolute atomic E-state index is 13.0. The predicted molar refractivity (Wildman–Crippen MR) is 59.5 cm³/mol. The van der Waals surface area contributed by atoms with E-state index in [1.165, 1.54) is 23.1 Å². The van der Waals surface area contributed by atoms with Gasteiger partial charge in [0.15, 0.2) is 0 Å². The molecule has 1 aliphatic heterocycles. The molecule has 0 aliphatic carbocycles. The summed E-state index contributed by atoms with van der Waals surface area (Å²) in [7, 11) is 0. The molecule has 1 heterocycles. The van der Waals surface area contributed by atoms with Gasteiger partial charge in [0, 0.05) is 5.69 Å². The Morgan fingerprint density at radius 2 is 2.12 bits per heavy atom. The second-order valence-electron chi connectivity index (χ2n) is 3.36. The maximum atomic E-state index is 13.0. The van der Waals surface area contributed by atoms with Gasteiger partial charge in [-0.3, -0.25) is 9.59 Å². The van der Waals surface area contributed by atoms with Crippen molar-refractivity contribution in [3.05, 3.63) is 28.5 Å². The van der Waals surface area contributed by atoms with E-state index in [0.29, 0.717) is 5.69 Å². The Morgan fingerprint density at radius 3 is 2.81 bits per heavy atom. The van der Waals surface area contributed by atoms with Gasteiger partial charge in [-0.2, -0.15) is 0 Å². The lowest BCUT2D eigenvalue weighted by molar-refractivity contribution is -0.128. The Kier molecular flexibility index (Phi) is 2.91. The van der Waals surface area contributed by atoms with Gasteiger partial charge in [-0.1, -0.05) is 0 Å². The summed E-state index contributed by atoms with van der Waals surface area (Å²) in [5, 5.41) is 2.44. The van der Waals surface area contributed by atoms with Crippen molar-refractivity contribution in [1.29, 1.82) is 0 Å². The van der Waals surface area contributed by atoms with Crippen molar-refractivity contribution in [2.75, 3.05) is 18.0 Å². The van der Waals surface area contributed by atoms with E-state index in [0.717, 1.165) is 0 Å². The van der Waals surface area contributed by atoms with Crippen LogP contribution in [0.4, 0.5) is 10.1 Å². The van der Waals surface area contributed by atoms with Gasteiger partial charge in [-0.05, 0) is 34.1 Å². The van der Waals surface area contributed by atoms with Gasteiger partial charge in [-0.15, -0.1) is 0 Å². The summed E-state index contributed by atoms with van der Waals surface area (Å²) in [6, 6.07) is 4.20. The minimum absolute atomic E-state index is 0.0200. The van der Waals surface area contributed by atoms with E-state index in [-0.39, 0.29) is 29.4 Å². The molecule has 0 radical (unpaired) electrons. The van der Waals surface area contributed by atoms with Crippen LogP contribution in [0.2, 0.25) is 0 Å². The third-order valence-electron chi connectivity index (χ3n) is 2.25. The molecule has 16 heavy (non-hydrogen) atoms. The van der Waals surface area contributed by atoms with Crippen LogP contribution in [0.3, 0.4) is 0 Å². The molecular formula is C10H8BrFN2O2. The fraction of sp³-hybridized carbons (Fsp3) is 0.200. The fourth-order valence-electron chi connectivity index (χ4n) is 1.45. The molecule has 0 bridgehead atoms. The molecule has 84 valence electrons. The van der Waals surface area contributed by atoms with Crippen LogP contribution in [0.15, 0.2) is 22.7 Å². The first-order chi connectivity index (χ1) is 7.58. The highest BCUT2D eigenvalue weighted by molar-refractivity contribution is 9.10. The molecule has 1 fully saturated rings. The molecule has 0 spiro atoms. The Balaban J connectivity index is 2.31. The smallest absolute Gasteiger partial charge is 0.246 e. The van der Waals surface area contributed by atoms with Gasteiger partial charge in [0.1, 0.15) is 12.4 Å². The van der Waals surface area contributed by atoms with Crippen molar-refractivity contribution < 1.29 is 14.0 Å². The van der Waals surface area contributed by atoms with Crippen LogP contribution < -0.4 is 10.2 Å². The molecule has 1 aliphatic rings. The first-order valence-corrected chi connectivity index (χ1v) is 5.39. The lowest BCUT2D eigenvalue weighted by Gasteiger charge is -2.26. The summed E-state index contributed by atoms with van der Waals surface area (Å²) in [6.45, 7) is -0.0509. The third kappa shape index (κ3) is 2.06. The van der Waals surface area contributed by atoms with Crippen molar-refractivity contribution in [2.24, 2.45) is 0 Å². The summed E-state index contributed by atoms with van der Waals surface area (Å²) in [4.78, 5) is 24.0. The van der Waals surface area contributed by atoms with E-state index < -0.39 is 5.82 Å². The van der Waals surface area contributed by atoms with Gasteiger partial charge in [-0.25, -0.2) is 4.39 Å². The number of carbonyl (C=O) groups excluding carboxylic acids is 2. The molecule has 0 unspecified atom stereocenters. The molecule has 1 N–H and O–H groups in total. The summed E-state index contributed by atoms with van der Waals surface area (Å²) in [5.41, 5.74) is 0.508. The van der Waals surface area contributed by atoms with E-state index >= 15 is 0 Å². The minimum atomic E-state index is -0.405. The molecule has 4 nitrogen and oxygen atoms in total. The molecule has 1 saturated heterocycles. The number of carbonyl (C=O) groups is 2. The summed E-state index contributed by atoms with van der Waals surface area (Å²) < 4.78 is 13.3. The Morgan fingerprint density at radius 1 is 1.38 bits per heavy atom. The number of anilines is 1. The topological polar surface area (TPSA) is 49.4 Å². The SMILES string of the molecule is O=C1CN(c2ccc(F)c(Br)c2)C(=O)CN1. The molecule has 2 amide bonds. The monoisotopic (exact) mass is 286 g/mol. The summed E-state index contributed by atoms with van der Waals surface area (Å²) in [6.07, 6.45) is 0. The molecule has 2 rings (SSSR count). The van der Waals surface area contributed by atoms with Gasteiger partial charge in [0.05, 0.1) is 11.0 Å². The zero-order chi connectivity index (χ0) is 11.7. The van der Waals surface area contributed by atoms with E-state index in [1.54, 1.807) is 0 Å². The number of nitrogens with one attached hydrogen (secondary N) is 1. The molecule has 0 saturated carbocycles. The molecule has 1 aromatic carbocycles. The van der Waals surface area contributed by atoms with E-state index in [1.807, 2.05) is 0 Å². The van der Waals surface area contributed by atoms with Gasteiger partial charge >= 0.3 is 0 Å². The zero-order valence-corrected chi connectivity index (χ0v) is 9.75. The van der Waals surface area contributed by atoms with Gasteiger partial charge in [0.25, 0.3) is 0 Å². The fourth-order valence-corrected chi connectivity index (χ4v) is 1.81. The van der Waals surface area contributed by atoms with E-state index in [9.17, 15) is 14.0 Å². The molecule has 1 aromatic rings. The Bertz CT molecular complexity index is 464. The van der Waals surface area contributed by atoms with E-state index in [2.05, 4.69) is 21.2 Å². The second-order valence-corrected chi connectivity index (χ2v) is 4.21. The van der Waals surface area contributed by atoms with E-state index in [4.69, 9.17) is 0 Å². The second kappa shape index (κ2) is 4.21. The van der Waals surface area contributed by atoms with Crippen molar-refractivity contribution in [1.82, 2.24) is 5.32 Å². The highest BCUT2D eigenvalue weighted by Gasteiger charge is 2.24. The standard InChI is InChI=1S/C10H8BrFN2O2/c11-7-3-6(1-2-8(7)12)14-5-9(15)13-4-10(14)16/h1-3H,4-5H2,(H,13,15). The van der Waals surface area contributed by atoms with Crippen molar-refractivity contribution in [3.8, 4) is 0 Å². The number of hydrogen-bond donors (Lipinski definition) is 1. The summed E-state index contributed by atoms with van der Waals surface area (Å²) in [5.74, 6) is -0.837. The number of amides is 2. The quantitative estimate of drug-likeness (QED) is 0.839.